The van der Waals surface area contributed by atoms with Gasteiger partial charge in [-0.15, -0.1) is 0 Å². The number of imide groups is 1. The molecular formula is C18H24FN7O5. The van der Waals surface area contributed by atoms with Crippen LogP contribution in [0.5, 0.6) is 0 Å². The molecule has 13 heteroatoms. The minimum absolute atomic E-state index is 0.0507. The summed E-state index contributed by atoms with van der Waals surface area (Å²) in [6, 6.07) is -3.93. The summed E-state index contributed by atoms with van der Waals surface area (Å²) in [6.07, 6.45) is 3.62. The van der Waals surface area contributed by atoms with E-state index in [1.165, 1.54) is 17.4 Å². The van der Waals surface area contributed by atoms with E-state index in [4.69, 9.17) is 5.73 Å². The lowest BCUT2D eigenvalue weighted by atomic mass is 10.1. The number of carbonyl (C=O) groups excluding carboxylic acids is 5. The summed E-state index contributed by atoms with van der Waals surface area (Å²) < 4.78 is 12.5. The van der Waals surface area contributed by atoms with E-state index in [-0.39, 0.29) is 12.8 Å². The van der Waals surface area contributed by atoms with Gasteiger partial charge in [0.15, 0.2) is 0 Å². The second-order valence-corrected chi connectivity index (χ2v) is 7.37. The Labute approximate surface area is 176 Å². The van der Waals surface area contributed by atoms with E-state index in [0.29, 0.717) is 30.0 Å². The monoisotopic (exact) mass is 437 g/mol. The van der Waals surface area contributed by atoms with Crippen molar-refractivity contribution in [3.8, 4) is 0 Å². The molecule has 168 valence electrons. The van der Waals surface area contributed by atoms with Crippen molar-refractivity contribution < 1.29 is 28.4 Å². The predicted molar refractivity (Wildman–Crippen MR) is 103 cm³/mol. The number of imidazole rings is 1. The average Bonchev–Trinajstić information content (AvgIpc) is 3.41. The standard InChI is InChI=1S/C18H24FN7O5/c19-3-5-26-14(27)7-11(24-18(26)31)16(29)23-12(6-10-8-21-9-22-10)17(30)25-4-1-2-13(25)15(20)28/h8-9,11-13H,1-7H2,(H2,20,28)(H,21,22)(H,23,29)(H,24,31)/t11-,12-,13-/m0/s1. The van der Waals surface area contributed by atoms with Crippen LogP contribution in [0.25, 0.3) is 0 Å². The number of primary amides is 1. The summed E-state index contributed by atoms with van der Waals surface area (Å²) in [5.74, 6) is -2.56. The first kappa shape index (κ1) is 22.2. The van der Waals surface area contributed by atoms with Crippen molar-refractivity contribution in [2.75, 3.05) is 19.8 Å². The third-order valence-electron chi connectivity index (χ3n) is 5.31. The van der Waals surface area contributed by atoms with Gasteiger partial charge in [0, 0.05) is 24.9 Å². The molecule has 12 nitrogen and oxygen atoms in total. The zero-order valence-corrected chi connectivity index (χ0v) is 16.7. The SMILES string of the molecule is NC(=O)[C@@H]1CCCN1C(=O)[C@H](Cc1cnc[nH]1)NC(=O)[C@@H]1CC(=O)N(CCF)C(=O)N1. The van der Waals surface area contributed by atoms with E-state index in [1.54, 1.807) is 0 Å². The van der Waals surface area contributed by atoms with Crippen LogP contribution in [0.2, 0.25) is 0 Å². The molecule has 1 aromatic heterocycles. The molecule has 0 saturated carbocycles. The molecule has 2 fully saturated rings. The number of hydrogen-bond donors (Lipinski definition) is 4. The number of likely N-dealkylation sites (tertiary alicyclic amines) is 1. The first-order valence-electron chi connectivity index (χ1n) is 9.86. The summed E-state index contributed by atoms with van der Waals surface area (Å²) in [7, 11) is 0. The normalized spacial score (nSPS) is 22.2. The van der Waals surface area contributed by atoms with Crippen molar-refractivity contribution in [3.05, 3.63) is 18.2 Å². The lowest BCUT2D eigenvalue weighted by molar-refractivity contribution is -0.141. The summed E-state index contributed by atoms with van der Waals surface area (Å²) in [5.41, 5.74) is 5.96. The summed E-state index contributed by atoms with van der Waals surface area (Å²) >= 11 is 0. The van der Waals surface area contributed by atoms with Crippen LogP contribution in [0.15, 0.2) is 12.5 Å². The lowest BCUT2D eigenvalue weighted by Gasteiger charge is -2.32. The van der Waals surface area contributed by atoms with E-state index in [0.717, 1.165) is 0 Å². The molecule has 1 aromatic rings. The molecule has 5 N–H and O–H groups in total. The molecule has 0 spiro atoms. The molecule has 0 unspecified atom stereocenters. The molecule has 2 aliphatic rings. The Bertz CT molecular complexity index is 843. The number of nitrogens with two attached hydrogens (primary N) is 1. The average molecular weight is 437 g/mol. The van der Waals surface area contributed by atoms with Crippen LogP contribution in [0, 0.1) is 0 Å². The summed E-state index contributed by atoms with van der Waals surface area (Å²) in [4.78, 5) is 70.5. The molecule has 0 aliphatic carbocycles. The topological polar surface area (TPSA) is 171 Å². The van der Waals surface area contributed by atoms with Gasteiger partial charge in [0.05, 0.1) is 19.3 Å². The first-order chi connectivity index (χ1) is 14.8. The minimum Gasteiger partial charge on any atom is -0.368 e. The molecule has 0 bridgehead atoms. The Balaban J connectivity index is 1.73. The largest absolute Gasteiger partial charge is 0.368 e. The maximum atomic E-state index is 13.1. The molecule has 3 heterocycles. The molecule has 0 aromatic carbocycles. The van der Waals surface area contributed by atoms with Crippen molar-refractivity contribution in [2.45, 2.75) is 43.8 Å². The lowest BCUT2D eigenvalue weighted by Crippen LogP contribution is -2.62. The van der Waals surface area contributed by atoms with Crippen molar-refractivity contribution in [1.82, 2.24) is 30.4 Å². The zero-order valence-electron chi connectivity index (χ0n) is 16.7. The maximum absolute atomic E-state index is 13.1. The van der Waals surface area contributed by atoms with Gasteiger partial charge in [-0.05, 0) is 12.8 Å². The number of nitrogens with one attached hydrogen (secondary N) is 3. The van der Waals surface area contributed by atoms with E-state index in [9.17, 15) is 28.4 Å². The smallest absolute Gasteiger partial charge is 0.324 e. The molecule has 3 rings (SSSR count). The Morgan fingerprint density at radius 1 is 1.35 bits per heavy atom. The van der Waals surface area contributed by atoms with Crippen LogP contribution in [0.4, 0.5) is 9.18 Å². The van der Waals surface area contributed by atoms with E-state index in [2.05, 4.69) is 20.6 Å². The van der Waals surface area contributed by atoms with E-state index >= 15 is 0 Å². The fourth-order valence-electron chi connectivity index (χ4n) is 3.76. The zero-order chi connectivity index (χ0) is 22.5. The summed E-state index contributed by atoms with van der Waals surface area (Å²) in [5, 5.41) is 4.91. The van der Waals surface area contributed by atoms with Crippen molar-refractivity contribution in [2.24, 2.45) is 5.73 Å². The highest BCUT2D eigenvalue weighted by molar-refractivity contribution is 6.03. The molecule has 31 heavy (non-hydrogen) atoms. The van der Waals surface area contributed by atoms with E-state index in [1.807, 2.05) is 0 Å². The quantitative estimate of drug-likeness (QED) is 0.373. The number of hydrogen-bond acceptors (Lipinski definition) is 6. The first-order valence-corrected chi connectivity index (χ1v) is 9.86. The molecule has 0 radical (unpaired) electrons. The Kier molecular flexibility index (Phi) is 6.82. The van der Waals surface area contributed by atoms with Crippen LogP contribution in [-0.4, -0.2) is 87.3 Å². The number of urea groups is 1. The van der Waals surface area contributed by atoms with Gasteiger partial charge in [0.2, 0.25) is 23.6 Å². The van der Waals surface area contributed by atoms with Crippen molar-refractivity contribution >= 4 is 29.7 Å². The number of halogens is 1. The number of nitrogens with zero attached hydrogens (tertiary/aromatic N) is 3. The predicted octanol–water partition coefficient (Wildman–Crippen LogP) is -1.81. The van der Waals surface area contributed by atoms with Gasteiger partial charge >= 0.3 is 6.03 Å². The van der Waals surface area contributed by atoms with Gasteiger partial charge in [-0.25, -0.2) is 14.2 Å². The van der Waals surface area contributed by atoms with Crippen molar-refractivity contribution in [3.63, 3.8) is 0 Å². The van der Waals surface area contributed by atoms with Crippen molar-refractivity contribution in [1.29, 1.82) is 0 Å². The molecule has 2 saturated heterocycles. The van der Waals surface area contributed by atoms with Crippen LogP contribution in [-0.2, 0) is 25.6 Å². The third kappa shape index (κ3) is 4.98. The number of aromatic nitrogens is 2. The Morgan fingerprint density at radius 3 is 2.74 bits per heavy atom. The van der Waals surface area contributed by atoms with Gasteiger partial charge in [-0.3, -0.25) is 24.1 Å². The highest BCUT2D eigenvalue weighted by atomic mass is 19.1. The molecular weight excluding hydrogens is 413 g/mol. The number of amides is 6. The van der Waals surface area contributed by atoms with Gasteiger partial charge in [-0.2, -0.15) is 0 Å². The van der Waals surface area contributed by atoms with Gasteiger partial charge in [-0.1, -0.05) is 0 Å². The second kappa shape index (κ2) is 9.53. The maximum Gasteiger partial charge on any atom is 0.324 e. The Morgan fingerprint density at radius 2 is 2.13 bits per heavy atom. The van der Waals surface area contributed by atoms with Gasteiger partial charge in [0.25, 0.3) is 0 Å². The highest BCUT2D eigenvalue weighted by Crippen LogP contribution is 2.19. The van der Waals surface area contributed by atoms with Gasteiger partial charge in [0.1, 0.15) is 24.8 Å². The van der Waals surface area contributed by atoms with Gasteiger partial charge < -0.3 is 26.3 Å². The third-order valence-corrected chi connectivity index (χ3v) is 5.31. The molecule has 3 atom stereocenters. The van der Waals surface area contributed by atoms with E-state index < -0.39 is 61.0 Å². The Hall–Kier alpha value is -3.51. The molecule has 2 aliphatic heterocycles. The number of alkyl halides is 1. The van der Waals surface area contributed by atoms with Crippen LogP contribution in [0.1, 0.15) is 25.0 Å². The second-order valence-electron chi connectivity index (χ2n) is 7.37. The molecule has 6 amide bonds. The van der Waals surface area contributed by atoms with Crippen LogP contribution >= 0.6 is 0 Å². The summed E-state index contributed by atoms with van der Waals surface area (Å²) in [6.45, 7) is -0.977. The highest BCUT2D eigenvalue weighted by Gasteiger charge is 2.40. The van der Waals surface area contributed by atoms with Crippen LogP contribution in [0.3, 0.4) is 0 Å². The van der Waals surface area contributed by atoms with Crippen LogP contribution < -0.4 is 16.4 Å². The number of H-pyrrole nitrogens is 1. The number of carbonyl (C=O) groups is 5. The fourth-order valence-corrected chi connectivity index (χ4v) is 3.76. The number of aromatic amines is 1. The minimum atomic E-state index is -1.21. The fraction of sp³-hybridized carbons (Fsp3) is 0.556. The number of rotatable bonds is 8.